The van der Waals surface area contributed by atoms with E-state index in [4.69, 9.17) is 34.8 Å². The quantitative estimate of drug-likeness (QED) is 0.446. The highest BCUT2D eigenvalue weighted by Crippen LogP contribution is 2.37. The summed E-state index contributed by atoms with van der Waals surface area (Å²) in [5.74, 6) is 0.319. The van der Waals surface area contributed by atoms with Crippen molar-refractivity contribution in [3.05, 3.63) is 60.4 Å². The number of urea groups is 1. The highest BCUT2D eigenvalue weighted by atomic mass is 35.6. The standard InChI is InChI=1S/C16H12Cl3N5O/c17-16(18,19)14-21-12-9-5-4-8-11(12)13(22-14)23-24-15(25)20-10-6-2-1-3-7-10/h1-9H,(H2,20,24,25)(H,21,22,23). The number of amides is 2. The molecule has 0 unspecified atom stereocenters. The van der Waals surface area contributed by atoms with Crippen molar-refractivity contribution in [1.29, 1.82) is 0 Å². The van der Waals surface area contributed by atoms with Crippen molar-refractivity contribution in [1.82, 2.24) is 15.4 Å². The number of hydrazine groups is 1. The summed E-state index contributed by atoms with van der Waals surface area (Å²) in [6, 6.07) is 15.7. The number of para-hydroxylation sites is 2. The number of aromatic nitrogens is 2. The molecule has 0 spiro atoms. The Morgan fingerprint density at radius 2 is 1.60 bits per heavy atom. The summed E-state index contributed by atoms with van der Waals surface area (Å²) >= 11 is 17.6. The highest BCUT2D eigenvalue weighted by Gasteiger charge is 2.28. The Bertz CT molecular complexity index is 899. The Kier molecular flexibility index (Phi) is 5.13. The first-order valence-corrected chi connectivity index (χ1v) is 8.29. The molecule has 25 heavy (non-hydrogen) atoms. The second-order valence-corrected chi connectivity index (χ2v) is 7.26. The lowest BCUT2D eigenvalue weighted by molar-refractivity contribution is 0.254. The molecule has 0 aliphatic carbocycles. The molecule has 0 radical (unpaired) electrons. The van der Waals surface area contributed by atoms with Crippen LogP contribution >= 0.6 is 34.8 Å². The predicted molar refractivity (Wildman–Crippen MR) is 101 cm³/mol. The van der Waals surface area contributed by atoms with Crippen molar-refractivity contribution < 1.29 is 4.79 Å². The van der Waals surface area contributed by atoms with Gasteiger partial charge in [-0.05, 0) is 24.3 Å². The van der Waals surface area contributed by atoms with Gasteiger partial charge in [0.1, 0.15) is 0 Å². The largest absolute Gasteiger partial charge is 0.337 e. The van der Waals surface area contributed by atoms with Crippen molar-refractivity contribution in [3.63, 3.8) is 0 Å². The van der Waals surface area contributed by atoms with Gasteiger partial charge in [0, 0.05) is 11.1 Å². The lowest BCUT2D eigenvalue weighted by atomic mass is 10.2. The van der Waals surface area contributed by atoms with Gasteiger partial charge in [0.05, 0.1) is 5.52 Å². The Morgan fingerprint density at radius 3 is 2.32 bits per heavy atom. The number of alkyl halides is 3. The molecule has 0 bridgehead atoms. The molecule has 3 rings (SSSR count). The number of nitrogens with zero attached hydrogens (tertiary/aromatic N) is 2. The van der Waals surface area contributed by atoms with Gasteiger partial charge in [-0.3, -0.25) is 10.9 Å². The fourth-order valence-corrected chi connectivity index (χ4v) is 2.35. The third-order valence-corrected chi connectivity index (χ3v) is 3.69. The molecule has 128 valence electrons. The third kappa shape index (κ3) is 4.42. The number of rotatable bonds is 3. The molecule has 0 saturated heterocycles. The van der Waals surface area contributed by atoms with Crippen LogP contribution in [-0.4, -0.2) is 16.0 Å². The lowest BCUT2D eigenvalue weighted by Gasteiger charge is -2.15. The molecule has 3 aromatic rings. The Morgan fingerprint density at radius 1 is 0.920 bits per heavy atom. The maximum absolute atomic E-state index is 12.0. The van der Waals surface area contributed by atoms with E-state index in [9.17, 15) is 4.79 Å². The van der Waals surface area contributed by atoms with Crippen LogP contribution < -0.4 is 16.2 Å². The molecule has 0 saturated carbocycles. The molecule has 0 fully saturated rings. The normalized spacial score (nSPS) is 11.2. The molecule has 2 aromatic carbocycles. The Hall–Kier alpha value is -2.28. The van der Waals surface area contributed by atoms with Gasteiger partial charge in [0.25, 0.3) is 0 Å². The van der Waals surface area contributed by atoms with Crippen LogP contribution in [0.3, 0.4) is 0 Å². The van der Waals surface area contributed by atoms with Gasteiger partial charge >= 0.3 is 6.03 Å². The number of nitrogens with one attached hydrogen (secondary N) is 3. The first kappa shape index (κ1) is 17.5. The van der Waals surface area contributed by atoms with Crippen molar-refractivity contribution >= 4 is 63.2 Å². The zero-order valence-electron chi connectivity index (χ0n) is 12.6. The summed E-state index contributed by atoms with van der Waals surface area (Å²) in [6.45, 7) is 0. The molecule has 3 N–H and O–H groups in total. The molecule has 1 aromatic heterocycles. The Labute approximate surface area is 158 Å². The smallest absolute Gasteiger partial charge is 0.307 e. The van der Waals surface area contributed by atoms with E-state index in [-0.39, 0.29) is 5.82 Å². The minimum atomic E-state index is -1.78. The summed E-state index contributed by atoms with van der Waals surface area (Å²) in [4.78, 5) is 20.4. The maximum Gasteiger partial charge on any atom is 0.337 e. The number of hydrogen-bond donors (Lipinski definition) is 3. The third-order valence-electron chi connectivity index (χ3n) is 3.18. The molecule has 0 aliphatic rings. The molecular formula is C16H12Cl3N5O. The average Bonchev–Trinajstić information content (AvgIpc) is 2.59. The van der Waals surface area contributed by atoms with Crippen LogP contribution in [0.2, 0.25) is 0 Å². The number of fused-ring (bicyclic) bond motifs is 1. The van der Waals surface area contributed by atoms with Crippen molar-refractivity contribution in [2.75, 3.05) is 10.7 Å². The van der Waals surface area contributed by atoms with Gasteiger partial charge in [0.2, 0.25) is 3.79 Å². The van der Waals surface area contributed by atoms with Gasteiger partial charge in [-0.2, -0.15) is 0 Å². The molecule has 0 atom stereocenters. The zero-order chi connectivity index (χ0) is 17.9. The molecule has 0 aliphatic heterocycles. The van der Waals surface area contributed by atoms with Crippen molar-refractivity contribution in [2.45, 2.75) is 3.79 Å². The monoisotopic (exact) mass is 395 g/mol. The van der Waals surface area contributed by atoms with Crippen LogP contribution in [0, 0.1) is 0 Å². The average molecular weight is 397 g/mol. The summed E-state index contributed by atoms with van der Waals surface area (Å²) < 4.78 is -1.78. The number of carbonyl (C=O) groups excluding carboxylic acids is 1. The van der Waals surface area contributed by atoms with E-state index in [0.717, 1.165) is 0 Å². The van der Waals surface area contributed by atoms with Gasteiger partial charge in [-0.25, -0.2) is 14.8 Å². The highest BCUT2D eigenvalue weighted by molar-refractivity contribution is 6.66. The van der Waals surface area contributed by atoms with Gasteiger partial charge in [-0.15, -0.1) is 0 Å². The number of benzene rings is 2. The van der Waals surface area contributed by atoms with E-state index < -0.39 is 9.82 Å². The van der Waals surface area contributed by atoms with E-state index >= 15 is 0 Å². The predicted octanol–water partition coefficient (Wildman–Crippen LogP) is 4.61. The van der Waals surface area contributed by atoms with Crippen LogP contribution in [0.5, 0.6) is 0 Å². The van der Waals surface area contributed by atoms with Gasteiger partial charge in [0.15, 0.2) is 11.6 Å². The molecular weight excluding hydrogens is 385 g/mol. The van der Waals surface area contributed by atoms with Gasteiger partial charge < -0.3 is 5.32 Å². The summed E-state index contributed by atoms with van der Waals surface area (Å²) in [6.07, 6.45) is 0. The van der Waals surface area contributed by atoms with E-state index in [1.54, 1.807) is 30.3 Å². The first-order valence-electron chi connectivity index (χ1n) is 7.15. The van der Waals surface area contributed by atoms with Crippen molar-refractivity contribution in [2.24, 2.45) is 0 Å². The molecule has 6 nitrogen and oxygen atoms in total. The van der Waals surface area contributed by atoms with Crippen molar-refractivity contribution in [3.8, 4) is 0 Å². The number of carbonyl (C=O) groups is 1. The lowest BCUT2D eigenvalue weighted by Crippen LogP contribution is -2.34. The molecule has 9 heteroatoms. The summed E-state index contributed by atoms with van der Waals surface area (Å²) in [5, 5.41) is 3.34. The van der Waals surface area contributed by atoms with Gasteiger partial charge in [-0.1, -0.05) is 65.1 Å². The van der Waals surface area contributed by atoms with E-state index in [2.05, 4.69) is 26.1 Å². The fourth-order valence-electron chi connectivity index (χ4n) is 2.10. The minimum absolute atomic E-state index is 0.00367. The Balaban J connectivity index is 1.81. The summed E-state index contributed by atoms with van der Waals surface area (Å²) in [7, 11) is 0. The molecule has 2 amide bonds. The second-order valence-electron chi connectivity index (χ2n) is 4.98. The minimum Gasteiger partial charge on any atom is -0.307 e. The van der Waals surface area contributed by atoms with E-state index in [0.29, 0.717) is 22.4 Å². The number of hydrogen-bond acceptors (Lipinski definition) is 4. The maximum atomic E-state index is 12.0. The van der Waals surface area contributed by atoms with E-state index in [1.807, 2.05) is 24.3 Å². The van der Waals surface area contributed by atoms with Crippen LogP contribution in [0.15, 0.2) is 54.6 Å². The summed E-state index contributed by atoms with van der Waals surface area (Å²) in [5.41, 5.74) is 6.45. The topological polar surface area (TPSA) is 78.9 Å². The second kappa shape index (κ2) is 7.31. The zero-order valence-corrected chi connectivity index (χ0v) is 14.9. The van der Waals surface area contributed by atoms with Crippen LogP contribution in [0.4, 0.5) is 16.3 Å². The number of anilines is 2. The van der Waals surface area contributed by atoms with Crippen LogP contribution in [0.1, 0.15) is 5.82 Å². The SMILES string of the molecule is O=C(NNc1nc(C(Cl)(Cl)Cl)nc2ccccc12)Nc1ccccc1. The fraction of sp³-hybridized carbons (Fsp3) is 0.0625. The first-order chi connectivity index (χ1) is 11.9. The van der Waals surface area contributed by atoms with E-state index in [1.165, 1.54) is 0 Å². The molecule has 1 heterocycles. The van der Waals surface area contributed by atoms with Crippen LogP contribution in [-0.2, 0) is 3.79 Å². The number of halogens is 3. The van der Waals surface area contributed by atoms with Crippen LogP contribution in [0.25, 0.3) is 10.9 Å².